The maximum Gasteiger partial charge on any atom is 0.327 e. The van der Waals surface area contributed by atoms with Crippen molar-refractivity contribution < 1.29 is 28.4 Å². The van der Waals surface area contributed by atoms with Crippen LogP contribution in [0.3, 0.4) is 0 Å². The van der Waals surface area contributed by atoms with Crippen LogP contribution in [0.4, 0.5) is 0 Å². The number of hydrogen-bond acceptors (Lipinski definition) is 6. The fourth-order valence-corrected chi connectivity index (χ4v) is 5.69. The van der Waals surface area contributed by atoms with Crippen molar-refractivity contribution in [2.24, 2.45) is 0 Å². The molecule has 2 N–H and O–H groups in total. The third kappa shape index (κ3) is 7.37. The summed E-state index contributed by atoms with van der Waals surface area (Å²) in [6, 6.07) is 7.21. The SMILES string of the molecule is C[C@H](NC(CCc1ccccc1)C(=O)OC1CCCCC1)C(=O)N1CCS(=O)CC1C(=O)O. The van der Waals surface area contributed by atoms with E-state index in [-0.39, 0.29) is 30.1 Å². The third-order valence-electron chi connectivity index (χ3n) is 6.35. The van der Waals surface area contributed by atoms with Gasteiger partial charge in [-0.2, -0.15) is 0 Å². The van der Waals surface area contributed by atoms with Gasteiger partial charge in [0, 0.05) is 23.1 Å². The fraction of sp³-hybridized carbons (Fsp3) is 0.625. The van der Waals surface area contributed by atoms with Crippen LogP contribution in [-0.4, -0.2) is 74.3 Å². The average molecular weight is 479 g/mol. The first-order chi connectivity index (χ1) is 15.8. The van der Waals surface area contributed by atoms with Gasteiger partial charge in [0.2, 0.25) is 5.91 Å². The molecule has 4 atom stereocenters. The Bertz CT molecular complexity index is 843. The fourth-order valence-electron chi connectivity index (χ4n) is 4.45. The molecule has 1 aliphatic carbocycles. The number of esters is 1. The molecule has 9 heteroatoms. The van der Waals surface area contributed by atoms with Gasteiger partial charge < -0.3 is 14.7 Å². The standard InChI is InChI=1S/C24H34N2O6S/c1-17(22(27)26-14-15-33(31)16-21(26)23(28)29)25-20(13-12-18-8-4-2-5-9-18)24(30)32-19-10-6-3-7-11-19/h2,4-5,8-9,17,19-21,25H,3,6-7,10-16H2,1H3,(H,28,29)/t17-,20?,21?,33?/m0/s1. The number of aliphatic carboxylic acids is 1. The average Bonchev–Trinajstić information content (AvgIpc) is 2.82. The lowest BCUT2D eigenvalue weighted by Gasteiger charge is -2.35. The van der Waals surface area contributed by atoms with E-state index in [0.717, 1.165) is 37.7 Å². The van der Waals surface area contributed by atoms with Crippen molar-refractivity contribution in [3.63, 3.8) is 0 Å². The number of nitrogens with zero attached hydrogens (tertiary/aromatic N) is 1. The van der Waals surface area contributed by atoms with Crippen LogP contribution in [0.1, 0.15) is 51.0 Å². The zero-order valence-electron chi connectivity index (χ0n) is 19.1. The van der Waals surface area contributed by atoms with E-state index in [1.165, 1.54) is 4.90 Å². The maximum atomic E-state index is 13.1. The van der Waals surface area contributed by atoms with Crippen LogP contribution in [-0.2, 0) is 36.3 Å². The lowest BCUT2D eigenvalue weighted by Crippen LogP contribution is -2.59. The van der Waals surface area contributed by atoms with Gasteiger partial charge in [0.05, 0.1) is 11.8 Å². The van der Waals surface area contributed by atoms with Gasteiger partial charge in [-0.1, -0.05) is 36.8 Å². The second-order valence-corrected chi connectivity index (χ2v) is 10.5. The summed E-state index contributed by atoms with van der Waals surface area (Å²) in [7, 11) is -1.26. The van der Waals surface area contributed by atoms with E-state index in [1.54, 1.807) is 6.92 Å². The number of carboxylic acid groups (broad SMARTS) is 1. The molecule has 1 aliphatic heterocycles. The molecule has 0 radical (unpaired) electrons. The predicted octanol–water partition coefficient (Wildman–Crippen LogP) is 1.89. The number of carboxylic acids is 1. The predicted molar refractivity (Wildman–Crippen MR) is 125 cm³/mol. The molecule has 1 amide bonds. The zero-order valence-corrected chi connectivity index (χ0v) is 19.9. The maximum absolute atomic E-state index is 13.1. The summed E-state index contributed by atoms with van der Waals surface area (Å²) < 4.78 is 17.6. The zero-order chi connectivity index (χ0) is 23.8. The number of amides is 1. The van der Waals surface area contributed by atoms with E-state index in [4.69, 9.17) is 4.74 Å². The number of benzene rings is 1. The summed E-state index contributed by atoms with van der Waals surface area (Å²) >= 11 is 0. The minimum atomic E-state index is -1.26. The minimum Gasteiger partial charge on any atom is -0.480 e. The van der Waals surface area contributed by atoms with Gasteiger partial charge in [-0.15, -0.1) is 0 Å². The van der Waals surface area contributed by atoms with Crippen molar-refractivity contribution in [1.82, 2.24) is 10.2 Å². The highest BCUT2D eigenvalue weighted by atomic mass is 32.2. The van der Waals surface area contributed by atoms with Gasteiger partial charge in [-0.25, -0.2) is 4.79 Å². The van der Waals surface area contributed by atoms with Crippen molar-refractivity contribution in [1.29, 1.82) is 0 Å². The second-order valence-electron chi connectivity index (χ2n) is 8.86. The van der Waals surface area contributed by atoms with Crippen LogP contribution in [0, 0.1) is 0 Å². The number of hydrogen-bond donors (Lipinski definition) is 2. The lowest BCUT2D eigenvalue weighted by atomic mass is 9.97. The van der Waals surface area contributed by atoms with Crippen molar-refractivity contribution in [3.05, 3.63) is 35.9 Å². The van der Waals surface area contributed by atoms with Crippen molar-refractivity contribution in [2.45, 2.75) is 76.1 Å². The van der Waals surface area contributed by atoms with E-state index < -0.39 is 40.8 Å². The molecular formula is C24H34N2O6S. The highest BCUT2D eigenvalue weighted by Crippen LogP contribution is 2.21. The van der Waals surface area contributed by atoms with Gasteiger partial charge >= 0.3 is 11.9 Å². The molecule has 2 fully saturated rings. The summed E-state index contributed by atoms with van der Waals surface area (Å²) in [5.74, 6) is -1.76. The summed E-state index contributed by atoms with van der Waals surface area (Å²) in [6.07, 6.45) is 5.96. The van der Waals surface area contributed by atoms with E-state index >= 15 is 0 Å². The van der Waals surface area contributed by atoms with E-state index in [2.05, 4.69) is 5.32 Å². The molecule has 2 aliphatic rings. The Labute approximate surface area is 197 Å². The lowest BCUT2D eigenvalue weighted by molar-refractivity contribution is -0.155. The van der Waals surface area contributed by atoms with Crippen molar-refractivity contribution in [2.75, 3.05) is 18.1 Å². The molecule has 3 rings (SSSR count). The number of nitrogens with one attached hydrogen (secondary N) is 1. The van der Waals surface area contributed by atoms with Crippen molar-refractivity contribution >= 4 is 28.6 Å². The quantitative estimate of drug-likeness (QED) is 0.521. The van der Waals surface area contributed by atoms with Crippen LogP contribution in [0.5, 0.6) is 0 Å². The van der Waals surface area contributed by atoms with Gasteiger partial charge in [-0.3, -0.25) is 19.1 Å². The van der Waals surface area contributed by atoms with E-state index in [1.807, 2.05) is 30.3 Å². The second kappa shape index (κ2) is 12.3. The van der Waals surface area contributed by atoms with Gasteiger partial charge in [0.15, 0.2) is 0 Å². The first-order valence-electron chi connectivity index (χ1n) is 11.7. The normalized spacial score (nSPS) is 23.5. The molecule has 3 unspecified atom stereocenters. The summed E-state index contributed by atoms with van der Waals surface area (Å²) in [5, 5.41) is 12.6. The van der Waals surface area contributed by atoms with Crippen molar-refractivity contribution in [3.8, 4) is 0 Å². The number of ether oxygens (including phenoxy) is 1. The molecule has 1 saturated heterocycles. The third-order valence-corrected chi connectivity index (χ3v) is 7.68. The molecule has 1 aromatic carbocycles. The molecule has 0 spiro atoms. The first-order valence-corrected chi connectivity index (χ1v) is 13.2. The molecule has 0 aromatic heterocycles. The Morgan fingerprint density at radius 1 is 1.18 bits per heavy atom. The van der Waals surface area contributed by atoms with Crippen LogP contribution in [0.15, 0.2) is 30.3 Å². The Balaban J connectivity index is 1.67. The Kier molecular flexibility index (Phi) is 9.43. The number of carbonyl (C=O) groups excluding carboxylic acids is 2. The molecule has 1 heterocycles. The molecule has 8 nitrogen and oxygen atoms in total. The largest absolute Gasteiger partial charge is 0.480 e. The topological polar surface area (TPSA) is 113 Å². The highest BCUT2D eigenvalue weighted by Gasteiger charge is 2.38. The van der Waals surface area contributed by atoms with E-state index in [0.29, 0.717) is 12.8 Å². The van der Waals surface area contributed by atoms with Crippen LogP contribution < -0.4 is 5.32 Å². The molecule has 1 saturated carbocycles. The van der Waals surface area contributed by atoms with Gasteiger partial charge in [0.25, 0.3) is 0 Å². The first kappa shape index (κ1) is 25.4. The monoisotopic (exact) mass is 478 g/mol. The molecule has 33 heavy (non-hydrogen) atoms. The molecule has 0 bridgehead atoms. The smallest absolute Gasteiger partial charge is 0.327 e. The summed E-state index contributed by atoms with van der Waals surface area (Å²) in [5.41, 5.74) is 1.08. The van der Waals surface area contributed by atoms with Gasteiger partial charge in [-0.05, 0) is 51.0 Å². The van der Waals surface area contributed by atoms with Crippen LogP contribution in [0.2, 0.25) is 0 Å². The molecular weight excluding hydrogens is 444 g/mol. The highest BCUT2D eigenvalue weighted by molar-refractivity contribution is 7.85. The Morgan fingerprint density at radius 3 is 2.55 bits per heavy atom. The van der Waals surface area contributed by atoms with Crippen LogP contribution >= 0.6 is 0 Å². The minimum absolute atomic E-state index is 0.0745. The van der Waals surface area contributed by atoms with E-state index in [9.17, 15) is 23.7 Å². The molecule has 1 aromatic rings. The summed E-state index contributed by atoms with van der Waals surface area (Å²) in [6.45, 7) is 1.76. The van der Waals surface area contributed by atoms with Gasteiger partial charge in [0.1, 0.15) is 18.2 Å². The molecule has 182 valence electrons. The van der Waals surface area contributed by atoms with Crippen LogP contribution in [0.25, 0.3) is 0 Å². The Morgan fingerprint density at radius 2 is 1.88 bits per heavy atom. The number of carbonyl (C=O) groups is 3. The Hall–Kier alpha value is -2.26. The summed E-state index contributed by atoms with van der Waals surface area (Å²) in [4.78, 5) is 39.0. The number of aryl methyl sites for hydroxylation is 1. The number of rotatable bonds is 9.